The molecule has 1 aliphatic rings. The van der Waals surface area contributed by atoms with Crippen LogP contribution in [0.15, 0.2) is 42.6 Å². The van der Waals surface area contributed by atoms with Crippen LogP contribution >= 0.6 is 0 Å². The predicted molar refractivity (Wildman–Crippen MR) is 104 cm³/mol. The van der Waals surface area contributed by atoms with Gasteiger partial charge in [0.15, 0.2) is 0 Å². The van der Waals surface area contributed by atoms with Gasteiger partial charge in [-0.05, 0) is 49.7 Å². The minimum Gasteiger partial charge on any atom is -0.870 e. The van der Waals surface area contributed by atoms with Crippen molar-refractivity contribution in [3.8, 4) is 11.5 Å². The van der Waals surface area contributed by atoms with E-state index in [4.69, 9.17) is 10.5 Å². The van der Waals surface area contributed by atoms with Gasteiger partial charge in [-0.1, -0.05) is 29.2 Å². The molecule has 140 valence electrons. The Hall–Kier alpha value is -1.15. The number of ether oxygens (including phenoxy) is 1. The van der Waals surface area contributed by atoms with Gasteiger partial charge in [-0.15, -0.1) is 4.52 Å². The van der Waals surface area contributed by atoms with Gasteiger partial charge in [0.05, 0.1) is 24.3 Å². The van der Waals surface area contributed by atoms with Crippen LogP contribution in [-0.4, -0.2) is 17.7 Å². The van der Waals surface area contributed by atoms with Crippen molar-refractivity contribution < 1.29 is 65.6 Å². The second-order valence-electron chi connectivity index (χ2n) is 7.02. The molecule has 1 aromatic carbocycles. The fraction of sp³-hybridized carbons (Fsp3) is 0.318. The minimum atomic E-state index is -0.0801. The average molecular weight is 403 g/mol. The Morgan fingerprint density at radius 1 is 1.32 bits per heavy atom. The molecule has 2 aromatic heterocycles. The van der Waals surface area contributed by atoms with Crippen LogP contribution < -0.4 is 71.3 Å². The molecule has 0 saturated heterocycles. The molecule has 1 aliphatic heterocycles. The number of aromatic nitrogens is 2. The van der Waals surface area contributed by atoms with Gasteiger partial charge in [0.25, 0.3) is 0 Å². The molecule has 1 atom stereocenters. The van der Waals surface area contributed by atoms with Gasteiger partial charge in [0, 0.05) is 12.5 Å². The van der Waals surface area contributed by atoms with E-state index in [0.29, 0.717) is 24.8 Å². The molecule has 0 fully saturated rings. The Kier molecular flexibility index (Phi) is 7.01. The summed E-state index contributed by atoms with van der Waals surface area (Å²) in [7, 11) is 0. The van der Waals surface area contributed by atoms with Gasteiger partial charge < -0.3 is 15.6 Å². The first-order valence-electron chi connectivity index (χ1n) is 9.53. The van der Waals surface area contributed by atoms with Crippen molar-refractivity contribution in [2.45, 2.75) is 32.6 Å². The zero-order valence-electron chi connectivity index (χ0n) is 16.8. The number of rotatable bonds is 6. The molecule has 4 rings (SSSR count). The fourth-order valence-corrected chi connectivity index (χ4v) is 4.09. The number of nitrogens with two attached hydrogens (primary N) is 1. The molecule has 0 aliphatic carbocycles. The Morgan fingerprint density at radius 2 is 2.14 bits per heavy atom. The average Bonchev–Trinajstić information content (AvgIpc) is 3.31. The maximum atomic E-state index is 12.1. The Bertz CT molecular complexity index is 1070. The summed E-state index contributed by atoms with van der Waals surface area (Å²) in [6, 6.07) is 9.52. The standard InChI is InChI=1S/C22H25N3O2.K/c1-3-27-21-9-7-16(14-20(21)26)6-8-17-13-15(2)22-18(10-11-23)19-5-4-12-24(19)25(17)22;/h4-9,12,14-15H,3,10-11,13,23H2,1-2H3;/q;+1/b8-6+;. The molecule has 1 unspecified atom stereocenters. The third-order valence-corrected chi connectivity index (χ3v) is 5.17. The summed E-state index contributed by atoms with van der Waals surface area (Å²) in [5.41, 5.74) is 11.9. The van der Waals surface area contributed by atoms with Crippen LogP contribution in [0.1, 0.15) is 43.0 Å². The van der Waals surface area contributed by atoms with E-state index in [0.717, 1.165) is 18.4 Å². The van der Waals surface area contributed by atoms with Crippen LogP contribution in [-0.2, 0) is 6.42 Å². The van der Waals surface area contributed by atoms with Crippen molar-refractivity contribution in [3.05, 3.63) is 65.1 Å². The van der Waals surface area contributed by atoms with Gasteiger partial charge in [0.1, 0.15) is 11.3 Å². The van der Waals surface area contributed by atoms with Crippen molar-refractivity contribution >= 4 is 11.6 Å². The van der Waals surface area contributed by atoms with Crippen LogP contribution in [0.25, 0.3) is 11.6 Å². The summed E-state index contributed by atoms with van der Waals surface area (Å²) in [4.78, 5) is 0. The number of hydrogen-bond acceptors (Lipinski definition) is 3. The fourth-order valence-electron chi connectivity index (χ4n) is 4.09. The van der Waals surface area contributed by atoms with Crippen molar-refractivity contribution in [3.63, 3.8) is 0 Å². The molecule has 0 saturated carbocycles. The van der Waals surface area contributed by atoms with Gasteiger partial charge in [0.2, 0.25) is 11.4 Å². The first kappa shape index (κ1) is 21.6. The third kappa shape index (κ3) is 3.82. The quantitative estimate of drug-likeness (QED) is 0.448. The van der Waals surface area contributed by atoms with E-state index >= 15 is 0 Å². The predicted octanol–water partition coefficient (Wildman–Crippen LogP) is -0.476. The summed E-state index contributed by atoms with van der Waals surface area (Å²) in [5, 5.41) is 12.1. The second kappa shape index (κ2) is 9.11. The maximum Gasteiger partial charge on any atom is 1.00 e. The molecule has 0 amide bonds. The molecule has 0 spiro atoms. The smallest absolute Gasteiger partial charge is 0.870 e. The van der Waals surface area contributed by atoms with E-state index in [1.807, 2.05) is 19.1 Å². The van der Waals surface area contributed by atoms with E-state index in [9.17, 15) is 5.11 Å². The number of allylic oxidation sites excluding steroid dienone is 1. The van der Waals surface area contributed by atoms with E-state index in [-0.39, 0.29) is 57.1 Å². The summed E-state index contributed by atoms with van der Waals surface area (Å²) in [5.74, 6) is 0.773. The SMILES string of the molecule is CCOc1ccc(/C=C/C2=[n+]3c(c(CCN)c4cccn43)C(C)C2)cc1[O-].[K+]. The number of hydrogen-bond donors (Lipinski definition) is 1. The zero-order valence-corrected chi connectivity index (χ0v) is 19.9. The largest absolute Gasteiger partial charge is 1.00 e. The topological polar surface area (TPSA) is 68.6 Å². The van der Waals surface area contributed by atoms with E-state index < -0.39 is 0 Å². The number of nitrogens with zero attached hydrogens (tertiary/aromatic N) is 2. The molecule has 3 aromatic rings. The molecule has 0 radical (unpaired) electrons. The summed E-state index contributed by atoms with van der Waals surface area (Å²) in [6.45, 7) is 5.28. The monoisotopic (exact) mass is 402 g/mol. The van der Waals surface area contributed by atoms with E-state index in [1.54, 1.807) is 12.1 Å². The van der Waals surface area contributed by atoms with E-state index in [2.05, 4.69) is 40.2 Å². The van der Waals surface area contributed by atoms with Crippen molar-refractivity contribution in [1.29, 1.82) is 0 Å². The van der Waals surface area contributed by atoms with Gasteiger partial charge in [-0.25, -0.2) is 0 Å². The van der Waals surface area contributed by atoms with Crippen LogP contribution in [0.2, 0.25) is 0 Å². The summed E-state index contributed by atoms with van der Waals surface area (Å²) < 4.78 is 9.84. The Labute approximate surface area is 207 Å². The molecule has 0 bridgehead atoms. The van der Waals surface area contributed by atoms with Crippen LogP contribution in [0, 0.1) is 5.71 Å². The second-order valence-corrected chi connectivity index (χ2v) is 7.02. The molecule has 2 N–H and O–H groups in total. The third-order valence-electron chi connectivity index (χ3n) is 5.17. The molecule has 6 heteroatoms. The van der Waals surface area contributed by atoms with Crippen molar-refractivity contribution in [2.24, 2.45) is 5.73 Å². The first-order valence-corrected chi connectivity index (χ1v) is 9.53. The van der Waals surface area contributed by atoms with Crippen LogP contribution in [0.5, 0.6) is 11.5 Å². The zero-order chi connectivity index (χ0) is 19.0. The Balaban J connectivity index is 0.00000225. The molecule has 3 heterocycles. The molecule has 5 nitrogen and oxygen atoms in total. The normalized spacial score (nSPS) is 16.0. The molecule has 28 heavy (non-hydrogen) atoms. The van der Waals surface area contributed by atoms with Gasteiger partial charge >= 0.3 is 51.4 Å². The number of benzene rings is 1. The first-order chi connectivity index (χ1) is 13.1. The van der Waals surface area contributed by atoms with Crippen molar-refractivity contribution in [1.82, 2.24) is 4.52 Å². The Morgan fingerprint density at radius 3 is 2.86 bits per heavy atom. The summed E-state index contributed by atoms with van der Waals surface area (Å²) >= 11 is 0. The van der Waals surface area contributed by atoms with Crippen molar-refractivity contribution in [2.75, 3.05) is 13.2 Å². The maximum absolute atomic E-state index is 12.1. The molecular weight excluding hydrogens is 377 g/mol. The van der Waals surface area contributed by atoms with E-state index in [1.165, 1.54) is 22.5 Å². The molecular formula is C22H25KN3O2+. The number of fused-ring (bicyclic) bond motifs is 3. The van der Waals surface area contributed by atoms with Crippen LogP contribution in [0.3, 0.4) is 0 Å². The summed E-state index contributed by atoms with van der Waals surface area (Å²) in [6.07, 6.45) is 8.08. The minimum absolute atomic E-state index is 0. The van der Waals surface area contributed by atoms with Gasteiger partial charge in [-0.2, -0.15) is 0 Å². The van der Waals surface area contributed by atoms with Crippen LogP contribution in [0.4, 0.5) is 0 Å². The van der Waals surface area contributed by atoms with Gasteiger partial charge in [-0.3, -0.25) is 0 Å².